The first-order valence-corrected chi connectivity index (χ1v) is 15.6. The van der Waals surface area contributed by atoms with Crippen molar-refractivity contribution in [2.24, 2.45) is 0 Å². The lowest BCUT2D eigenvalue weighted by atomic mass is 10.0. The number of carbonyl (C=O) groups excluding carboxylic acids is 2. The molecule has 1 aliphatic heterocycles. The smallest absolute Gasteiger partial charge is 0.244 e. The summed E-state index contributed by atoms with van der Waals surface area (Å²) in [5.41, 5.74) is 2.45. The molecular formula is C32H39N3O6S. The van der Waals surface area contributed by atoms with Gasteiger partial charge in [0.25, 0.3) is 0 Å². The fraction of sp³-hybridized carbons (Fsp3) is 0.375. The molecule has 1 N–H and O–H groups in total. The van der Waals surface area contributed by atoms with Gasteiger partial charge in [-0.3, -0.25) is 13.9 Å². The van der Waals surface area contributed by atoms with Crippen LogP contribution < -0.4 is 19.1 Å². The number of carbonyl (C=O) groups is 2. The first-order valence-electron chi connectivity index (χ1n) is 14.0. The Morgan fingerprint density at radius 1 is 0.929 bits per heavy atom. The average Bonchev–Trinajstić information content (AvgIpc) is 3.41. The summed E-state index contributed by atoms with van der Waals surface area (Å²) in [5.74, 6) is -0.137. The van der Waals surface area contributed by atoms with Crippen LogP contribution in [0.3, 0.4) is 0 Å². The minimum absolute atomic E-state index is 0.0343. The SMILES string of the molecule is CCS(=O)(=O)N(CC(=O)N(Cc1cccc(C)c1)C(Cc1ccccc1)C(=O)NC(C)(C)C)c1ccc2c(c1)OCO2. The van der Waals surface area contributed by atoms with Crippen molar-refractivity contribution in [3.63, 3.8) is 0 Å². The van der Waals surface area contributed by atoms with Crippen molar-refractivity contribution in [2.45, 2.75) is 59.2 Å². The van der Waals surface area contributed by atoms with Gasteiger partial charge in [0.15, 0.2) is 11.5 Å². The topological polar surface area (TPSA) is 105 Å². The molecule has 1 unspecified atom stereocenters. The molecule has 1 heterocycles. The lowest BCUT2D eigenvalue weighted by Crippen LogP contribution is -2.56. The van der Waals surface area contributed by atoms with Crippen LogP contribution in [0.4, 0.5) is 5.69 Å². The lowest BCUT2D eigenvalue weighted by molar-refractivity contribution is -0.140. The molecule has 0 saturated carbocycles. The Balaban J connectivity index is 1.76. The summed E-state index contributed by atoms with van der Waals surface area (Å²) in [6, 6.07) is 21.1. The van der Waals surface area contributed by atoms with E-state index in [9.17, 15) is 18.0 Å². The normalized spacial score (nSPS) is 13.4. The molecule has 1 aliphatic rings. The number of fused-ring (bicyclic) bond motifs is 1. The first kappa shape index (κ1) is 30.9. The van der Waals surface area contributed by atoms with Gasteiger partial charge in [-0.2, -0.15) is 0 Å². The molecule has 3 aromatic rings. The molecule has 0 aliphatic carbocycles. The number of ether oxygens (including phenoxy) is 2. The van der Waals surface area contributed by atoms with Crippen molar-refractivity contribution in [2.75, 3.05) is 23.4 Å². The minimum Gasteiger partial charge on any atom is -0.454 e. The number of amides is 2. The zero-order valence-corrected chi connectivity index (χ0v) is 25.6. The van der Waals surface area contributed by atoms with Gasteiger partial charge in [-0.1, -0.05) is 60.2 Å². The van der Waals surface area contributed by atoms with E-state index in [1.807, 2.05) is 82.3 Å². The molecule has 2 amide bonds. The maximum absolute atomic E-state index is 14.3. The zero-order chi connectivity index (χ0) is 30.5. The quantitative estimate of drug-likeness (QED) is 0.353. The van der Waals surface area contributed by atoms with E-state index in [0.717, 1.165) is 21.0 Å². The Kier molecular flexibility index (Phi) is 9.46. The highest BCUT2D eigenvalue weighted by molar-refractivity contribution is 7.92. The number of benzene rings is 3. The van der Waals surface area contributed by atoms with Crippen LogP contribution in [0, 0.1) is 6.92 Å². The van der Waals surface area contributed by atoms with Crippen molar-refractivity contribution in [3.05, 3.63) is 89.5 Å². The van der Waals surface area contributed by atoms with E-state index < -0.39 is 34.1 Å². The van der Waals surface area contributed by atoms with Crippen molar-refractivity contribution in [3.8, 4) is 11.5 Å². The highest BCUT2D eigenvalue weighted by Gasteiger charge is 2.35. The third-order valence-corrected chi connectivity index (χ3v) is 8.57. The van der Waals surface area contributed by atoms with Crippen LogP contribution in [0.15, 0.2) is 72.8 Å². The van der Waals surface area contributed by atoms with Gasteiger partial charge in [0.1, 0.15) is 12.6 Å². The predicted octanol–water partition coefficient (Wildman–Crippen LogP) is 4.43. The van der Waals surface area contributed by atoms with Gasteiger partial charge in [0.05, 0.1) is 11.4 Å². The highest BCUT2D eigenvalue weighted by atomic mass is 32.2. The van der Waals surface area contributed by atoms with Gasteiger partial charge >= 0.3 is 0 Å². The third kappa shape index (κ3) is 7.82. The number of rotatable bonds is 11. The largest absolute Gasteiger partial charge is 0.454 e. The molecule has 0 fully saturated rings. The molecular weight excluding hydrogens is 554 g/mol. The maximum Gasteiger partial charge on any atom is 0.244 e. The molecule has 0 aromatic heterocycles. The summed E-state index contributed by atoms with van der Waals surface area (Å²) in [4.78, 5) is 29.6. The number of aryl methyl sites for hydroxylation is 1. The number of anilines is 1. The van der Waals surface area contributed by atoms with E-state index in [1.54, 1.807) is 18.2 Å². The van der Waals surface area contributed by atoms with E-state index in [-0.39, 0.29) is 37.1 Å². The van der Waals surface area contributed by atoms with Crippen LogP contribution in [0.2, 0.25) is 0 Å². The molecule has 1 atom stereocenters. The highest BCUT2D eigenvalue weighted by Crippen LogP contribution is 2.36. The second-order valence-corrected chi connectivity index (χ2v) is 13.6. The molecule has 9 nitrogen and oxygen atoms in total. The standard InChI is InChI=1S/C32H39N3O6S/c1-6-42(38,39)35(26-15-16-28-29(19-26)41-22-40-28)21-30(36)34(20-25-14-10-11-23(2)17-25)27(31(37)33-32(3,4)5)18-24-12-8-7-9-13-24/h7-17,19,27H,6,18,20-22H2,1-5H3,(H,33,37). The minimum atomic E-state index is -3.88. The molecule has 42 heavy (non-hydrogen) atoms. The van der Waals surface area contributed by atoms with Crippen molar-refractivity contribution in [1.82, 2.24) is 10.2 Å². The predicted molar refractivity (Wildman–Crippen MR) is 163 cm³/mol. The fourth-order valence-electron chi connectivity index (χ4n) is 4.77. The Hall–Kier alpha value is -4.05. The van der Waals surface area contributed by atoms with E-state index in [0.29, 0.717) is 11.5 Å². The summed E-state index contributed by atoms with van der Waals surface area (Å²) < 4.78 is 38.6. The molecule has 10 heteroatoms. The maximum atomic E-state index is 14.3. The van der Waals surface area contributed by atoms with E-state index in [1.165, 1.54) is 11.8 Å². The van der Waals surface area contributed by atoms with E-state index in [4.69, 9.17) is 9.47 Å². The number of nitrogens with one attached hydrogen (secondary N) is 1. The first-order chi connectivity index (χ1) is 19.9. The number of nitrogens with zero attached hydrogens (tertiary/aromatic N) is 2. The summed E-state index contributed by atoms with van der Waals surface area (Å²) in [6.45, 7) is 8.79. The summed E-state index contributed by atoms with van der Waals surface area (Å²) in [7, 11) is -3.88. The second-order valence-electron chi connectivity index (χ2n) is 11.4. The Labute approximate surface area is 248 Å². The molecule has 0 bridgehead atoms. The molecule has 0 spiro atoms. The lowest BCUT2D eigenvalue weighted by Gasteiger charge is -2.35. The Bertz CT molecular complexity index is 1520. The summed E-state index contributed by atoms with van der Waals surface area (Å²) in [6.07, 6.45) is 0.255. The summed E-state index contributed by atoms with van der Waals surface area (Å²) in [5, 5.41) is 3.03. The van der Waals surface area contributed by atoms with E-state index in [2.05, 4.69) is 5.32 Å². The zero-order valence-electron chi connectivity index (χ0n) is 24.8. The van der Waals surface area contributed by atoms with Gasteiger partial charge in [-0.05, 0) is 57.9 Å². The monoisotopic (exact) mass is 593 g/mol. The van der Waals surface area contributed by atoms with Gasteiger partial charge in [0.2, 0.25) is 28.6 Å². The van der Waals surface area contributed by atoms with E-state index >= 15 is 0 Å². The number of hydrogen-bond acceptors (Lipinski definition) is 6. The number of sulfonamides is 1. The van der Waals surface area contributed by atoms with Crippen molar-refractivity contribution < 1.29 is 27.5 Å². The van der Waals surface area contributed by atoms with Crippen LogP contribution in [-0.2, 0) is 32.6 Å². The molecule has 4 rings (SSSR count). The van der Waals surface area contributed by atoms with Crippen molar-refractivity contribution >= 4 is 27.5 Å². The van der Waals surface area contributed by atoms with Crippen LogP contribution in [0.25, 0.3) is 0 Å². The van der Waals surface area contributed by atoms with Crippen LogP contribution in [0.5, 0.6) is 11.5 Å². The molecule has 224 valence electrons. The van der Waals surface area contributed by atoms with Crippen LogP contribution in [0.1, 0.15) is 44.4 Å². The van der Waals surface area contributed by atoms with Gasteiger partial charge < -0.3 is 19.7 Å². The van der Waals surface area contributed by atoms with Crippen LogP contribution >= 0.6 is 0 Å². The summed E-state index contributed by atoms with van der Waals surface area (Å²) >= 11 is 0. The van der Waals surface area contributed by atoms with Gasteiger partial charge in [-0.25, -0.2) is 8.42 Å². The third-order valence-electron chi connectivity index (χ3n) is 6.83. The average molecular weight is 594 g/mol. The molecule has 3 aromatic carbocycles. The molecule has 0 radical (unpaired) electrons. The number of hydrogen-bond donors (Lipinski definition) is 1. The molecule has 0 saturated heterocycles. The Morgan fingerprint density at radius 3 is 2.29 bits per heavy atom. The van der Waals surface area contributed by atoms with Crippen molar-refractivity contribution in [1.29, 1.82) is 0 Å². The Morgan fingerprint density at radius 2 is 1.62 bits per heavy atom. The van der Waals surface area contributed by atoms with Gasteiger partial charge in [-0.15, -0.1) is 0 Å². The second kappa shape index (κ2) is 12.9. The fourth-order valence-corrected chi connectivity index (χ4v) is 5.83. The van der Waals surface area contributed by atoms with Crippen LogP contribution in [-0.4, -0.2) is 55.8 Å². The van der Waals surface area contributed by atoms with Gasteiger partial charge in [0, 0.05) is 24.6 Å².